The summed E-state index contributed by atoms with van der Waals surface area (Å²) in [6.07, 6.45) is 1.44. The van der Waals surface area contributed by atoms with Crippen LogP contribution in [-0.4, -0.2) is 11.6 Å². The molecule has 0 saturated heterocycles. The van der Waals surface area contributed by atoms with Gasteiger partial charge in [-0.3, -0.25) is 9.59 Å². The fraction of sp³-hybridized carbons (Fsp3) is 0.300. The van der Waals surface area contributed by atoms with Gasteiger partial charge in [-0.05, 0) is 25.0 Å². The second-order valence-electron chi connectivity index (χ2n) is 4.43. The number of hydrogen-bond acceptors (Lipinski definition) is 2. The van der Waals surface area contributed by atoms with E-state index in [9.17, 15) is 9.59 Å². The fourth-order valence-corrected chi connectivity index (χ4v) is 2.28. The van der Waals surface area contributed by atoms with Crippen LogP contribution in [0.1, 0.15) is 60.9 Å². The maximum absolute atomic E-state index is 12.4. The van der Waals surface area contributed by atoms with Gasteiger partial charge in [0, 0.05) is 22.3 Å². The molecule has 0 saturated carbocycles. The van der Waals surface area contributed by atoms with Crippen LogP contribution >= 0.6 is 0 Å². The lowest BCUT2D eigenvalue weighted by atomic mass is 9.80. The van der Waals surface area contributed by atoms with Crippen LogP contribution in [0.5, 0.6) is 0 Å². The predicted octanol–water partition coefficient (Wildman–Crippen LogP) is 5.49. The normalized spacial score (nSPS) is 12.5. The molecule has 1 aliphatic carbocycles. The third-order valence-electron chi connectivity index (χ3n) is 3.12. The summed E-state index contributed by atoms with van der Waals surface area (Å²) in [6.45, 7) is 19.0. The van der Waals surface area contributed by atoms with Crippen molar-refractivity contribution in [3.05, 3.63) is 70.8 Å². The monoisotopic (exact) mass is 298 g/mol. The molecule has 0 aromatic heterocycles. The average Bonchev–Trinajstić information content (AvgIpc) is 2.53. The number of aryl methyl sites for hydroxylation is 1. The molecule has 0 spiro atoms. The molecule has 2 heteroatoms. The Morgan fingerprint density at radius 3 is 2.05 bits per heavy atom. The number of Topliss-reactive ketones (excluding diaryl/α,β-unsaturated/α-hetero) is 2. The van der Waals surface area contributed by atoms with E-state index in [0.717, 1.165) is 5.56 Å². The molecular formula is C20H26O2. The summed E-state index contributed by atoms with van der Waals surface area (Å²) < 4.78 is 0. The zero-order chi connectivity index (χ0) is 17.4. The molecule has 1 aliphatic rings. The minimum atomic E-state index is -0.143. The highest BCUT2D eigenvalue weighted by molar-refractivity contribution is 6.29. The molecule has 0 unspecified atom stereocenters. The summed E-state index contributed by atoms with van der Waals surface area (Å²) in [5, 5.41) is 0. The van der Waals surface area contributed by atoms with E-state index in [0.29, 0.717) is 27.8 Å². The number of carbonyl (C=O) groups excluding carboxylic acids is 2. The van der Waals surface area contributed by atoms with Crippen LogP contribution in [0.2, 0.25) is 0 Å². The number of ketones is 2. The van der Waals surface area contributed by atoms with Crippen molar-refractivity contribution in [2.45, 2.75) is 41.5 Å². The van der Waals surface area contributed by atoms with Crippen LogP contribution in [0, 0.1) is 6.92 Å². The summed E-state index contributed by atoms with van der Waals surface area (Å²) in [6, 6.07) is 5.30. The first-order valence-electron chi connectivity index (χ1n) is 7.70. The topological polar surface area (TPSA) is 34.1 Å². The zero-order valence-corrected chi connectivity index (χ0v) is 14.5. The van der Waals surface area contributed by atoms with Crippen LogP contribution in [0.15, 0.2) is 54.2 Å². The average molecular weight is 298 g/mol. The van der Waals surface area contributed by atoms with Crippen molar-refractivity contribution in [3.63, 3.8) is 0 Å². The zero-order valence-electron chi connectivity index (χ0n) is 14.5. The van der Waals surface area contributed by atoms with Crippen molar-refractivity contribution in [2.75, 3.05) is 0 Å². The SMILES string of the molecule is C=CC1=C(C(=C)C)C(=O)c2cccc(C)c2C1=O.CC.CC. The molecule has 2 rings (SSSR count). The maximum Gasteiger partial charge on any atom is 0.194 e. The molecule has 0 aliphatic heterocycles. The molecule has 0 N–H and O–H groups in total. The Morgan fingerprint density at radius 2 is 1.59 bits per heavy atom. The molecule has 118 valence electrons. The molecular weight excluding hydrogens is 272 g/mol. The summed E-state index contributed by atoms with van der Waals surface area (Å²) in [5.74, 6) is -0.286. The Bertz CT molecular complexity index is 631. The molecule has 0 bridgehead atoms. The van der Waals surface area contributed by atoms with Gasteiger partial charge in [0.25, 0.3) is 0 Å². The minimum Gasteiger partial charge on any atom is -0.289 e. The Balaban J connectivity index is 0.00000102. The molecule has 0 amide bonds. The highest BCUT2D eigenvalue weighted by Gasteiger charge is 2.31. The number of rotatable bonds is 2. The summed E-state index contributed by atoms with van der Waals surface area (Å²) in [7, 11) is 0. The van der Waals surface area contributed by atoms with Crippen molar-refractivity contribution in [1.82, 2.24) is 0 Å². The van der Waals surface area contributed by atoms with E-state index in [2.05, 4.69) is 13.2 Å². The number of allylic oxidation sites excluding steroid dienone is 4. The number of hydrogen-bond donors (Lipinski definition) is 0. The van der Waals surface area contributed by atoms with Crippen LogP contribution in [0.25, 0.3) is 0 Å². The van der Waals surface area contributed by atoms with E-state index < -0.39 is 0 Å². The van der Waals surface area contributed by atoms with Crippen molar-refractivity contribution >= 4 is 11.6 Å². The summed E-state index contributed by atoms with van der Waals surface area (Å²) in [4.78, 5) is 24.8. The highest BCUT2D eigenvalue weighted by atomic mass is 16.1. The summed E-state index contributed by atoms with van der Waals surface area (Å²) in [5.41, 5.74) is 3.09. The molecule has 2 nitrogen and oxygen atoms in total. The molecule has 22 heavy (non-hydrogen) atoms. The van der Waals surface area contributed by atoms with Gasteiger partial charge in [0.2, 0.25) is 0 Å². The largest absolute Gasteiger partial charge is 0.289 e. The smallest absolute Gasteiger partial charge is 0.194 e. The van der Waals surface area contributed by atoms with Crippen LogP contribution < -0.4 is 0 Å². The number of benzene rings is 1. The molecule has 0 heterocycles. The van der Waals surface area contributed by atoms with E-state index in [-0.39, 0.29) is 11.6 Å². The molecule has 0 atom stereocenters. The first-order chi connectivity index (χ1) is 10.5. The summed E-state index contributed by atoms with van der Waals surface area (Å²) >= 11 is 0. The molecule has 1 aromatic carbocycles. The van der Waals surface area contributed by atoms with E-state index >= 15 is 0 Å². The second-order valence-corrected chi connectivity index (χ2v) is 4.43. The Kier molecular flexibility index (Phi) is 8.03. The van der Waals surface area contributed by atoms with Crippen LogP contribution in [0.3, 0.4) is 0 Å². The van der Waals surface area contributed by atoms with E-state index in [1.165, 1.54) is 6.08 Å². The number of fused-ring (bicyclic) bond motifs is 1. The van der Waals surface area contributed by atoms with Crippen molar-refractivity contribution in [1.29, 1.82) is 0 Å². The highest BCUT2D eigenvalue weighted by Crippen LogP contribution is 2.31. The van der Waals surface area contributed by atoms with Gasteiger partial charge < -0.3 is 0 Å². The van der Waals surface area contributed by atoms with Gasteiger partial charge >= 0.3 is 0 Å². The van der Waals surface area contributed by atoms with E-state index in [1.807, 2.05) is 40.7 Å². The quantitative estimate of drug-likeness (QED) is 0.724. The third-order valence-corrected chi connectivity index (χ3v) is 3.12. The van der Waals surface area contributed by atoms with E-state index in [1.54, 1.807) is 19.1 Å². The first-order valence-corrected chi connectivity index (χ1v) is 7.70. The van der Waals surface area contributed by atoms with Gasteiger partial charge in [0.1, 0.15) is 0 Å². The lowest BCUT2D eigenvalue weighted by Gasteiger charge is -2.20. The van der Waals surface area contributed by atoms with Crippen molar-refractivity contribution in [3.8, 4) is 0 Å². The number of carbonyl (C=O) groups is 2. The van der Waals surface area contributed by atoms with Gasteiger partial charge in [0.05, 0.1) is 0 Å². The lowest BCUT2D eigenvalue weighted by Crippen LogP contribution is -2.22. The molecule has 0 fully saturated rings. The van der Waals surface area contributed by atoms with E-state index in [4.69, 9.17) is 0 Å². The van der Waals surface area contributed by atoms with Gasteiger partial charge in [-0.2, -0.15) is 0 Å². The fourth-order valence-electron chi connectivity index (χ4n) is 2.28. The molecule has 0 radical (unpaired) electrons. The van der Waals surface area contributed by atoms with Gasteiger partial charge in [0.15, 0.2) is 11.6 Å². The lowest BCUT2D eigenvalue weighted by molar-refractivity contribution is 0.0979. The standard InChI is InChI=1S/C16H14O2.2C2H6/c1-5-11-13(9(2)3)16(18)12-8-6-7-10(4)14(12)15(11)17;2*1-2/h5-8H,1-2H2,3-4H3;2*1-2H3. The van der Waals surface area contributed by atoms with Crippen LogP contribution in [0.4, 0.5) is 0 Å². The third kappa shape index (κ3) is 3.51. The molecule has 1 aromatic rings. The second kappa shape index (κ2) is 8.93. The Morgan fingerprint density at radius 1 is 1.05 bits per heavy atom. The van der Waals surface area contributed by atoms with Crippen LogP contribution in [-0.2, 0) is 0 Å². The van der Waals surface area contributed by atoms with Crippen molar-refractivity contribution < 1.29 is 9.59 Å². The van der Waals surface area contributed by atoms with Gasteiger partial charge in [-0.25, -0.2) is 0 Å². The van der Waals surface area contributed by atoms with Gasteiger partial charge in [-0.1, -0.05) is 65.1 Å². The van der Waals surface area contributed by atoms with Crippen molar-refractivity contribution in [2.24, 2.45) is 0 Å². The Labute approximate surface area is 134 Å². The first kappa shape index (κ1) is 19.8. The Hall–Kier alpha value is -2.22. The predicted molar refractivity (Wildman–Crippen MR) is 94.6 cm³/mol. The van der Waals surface area contributed by atoms with Gasteiger partial charge in [-0.15, -0.1) is 0 Å². The maximum atomic E-state index is 12.4. The minimum absolute atomic E-state index is 0.143.